The van der Waals surface area contributed by atoms with Crippen LogP contribution in [-0.2, 0) is 7.05 Å². The average molecular weight is 281 g/mol. The second kappa shape index (κ2) is 7.02. The van der Waals surface area contributed by atoms with Crippen LogP contribution >= 0.6 is 0 Å². The number of rotatable bonds is 6. The molecule has 0 fully saturated rings. The van der Waals surface area contributed by atoms with Crippen LogP contribution in [0.25, 0.3) is 5.57 Å². The number of allylic oxidation sites excluding steroid dienone is 1. The molecule has 3 heteroatoms. The van der Waals surface area contributed by atoms with Gasteiger partial charge < -0.3 is 0 Å². The summed E-state index contributed by atoms with van der Waals surface area (Å²) in [5, 5.41) is 4.09. The van der Waals surface area contributed by atoms with Crippen LogP contribution < -0.4 is 0 Å². The first-order chi connectivity index (χ1) is 10.1. The van der Waals surface area contributed by atoms with Crippen molar-refractivity contribution in [3.05, 3.63) is 54.2 Å². The van der Waals surface area contributed by atoms with Gasteiger partial charge in [-0.3, -0.25) is 4.68 Å². The van der Waals surface area contributed by atoms with Crippen LogP contribution in [0.1, 0.15) is 43.7 Å². The third-order valence-electron chi connectivity index (χ3n) is 3.72. The molecule has 0 saturated carbocycles. The molecule has 1 heterocycles. The zero-order chi connectivity index (χ0) is 15.2. The SMILES string of the molecule is C=C(C=Nc1ccnn1C)c1ccc(C(C)CCC)cc1. The molecule has 0 saturated heterocycles. The van der Waals surface area contributed by atoms with Gasteiger partial charge in [0, 0.05) is 19.3 Å². The molecule has 110 valence electrons. The molecule has 3 nitrogen and oxygen atoms in total. The van der Waals surface area contributed by atoms with E-state index < -0.39 is 0 Å². The van der Waals surface area contributed by atoms with Gasteiger partial charge in [-0.1, -0.05) is 51.1 Å². The molecule has 0 amide bonds. The summed E-state index contributed by atoms with van der Waals surface area (Å²) in [5.41, 5.74) is 3.40. The Balaban J connectivity index is 2.06. The summed E-state index contributed by atoms with van der Waals surface area (Å²) < 4.78 is 1.74. The summed E-state index contributed by atoms with van der Waals surface area (Å²) >= 11 is 0. The van der Waals surface area contributed by atoms with Crippen LogP contribution in [0.4, 0.5) is 5.82 Å². The molecule has 1 atom stereocenters. The molecular formula is C18H23N3. The number of aromatic nitrogens is 2. The Bertz CT molecular complexity index is 620. The van der Waals surface area contributed by atoms with E-state index >= 15 is 0 Å². The highest BCUT2D eigenvalue weighted by Gasteiger charge is 2.04. The Morgan fingerprint density at radius 1 is 1.33 bits per heavy atom. The lowest BCUT2D eigenvalue weighted by Gasteiger charge is -2.11. The van der Waals surface area contributed by atoms with Crippen molar-refractivity contribution in [2.75, 3.05) is 0 Å². The standard InChI is InChI=1S/C18H23N3/c1-5-6-14(2)16-7-9-17(10-8-16)15(3)13-19-18-11-12-20-21(18)4/h7-14H,3,5-6H2,1-2,4H3. The Kier molecular flexibility index (Phi) is 5.09. The third-order valence-corrected chi connectivity index (χ3v) is 3.72. The smallest absolute Gasteiger partial charge is 0.150 e. The maximum absolute atomic E-state index is 4.40. The molecule has 2 aromatic rings. The fourth-order valence-corrected chi connectivity index (χ4v) is 2.34. The zero-order valence-corrected chi connectivity index (χ0v) is 13.1. The number of benzene rings is 1. The summed E-state index contributed by atoms with van der Waals surface area (Å²) in [6.07, 6.45) is 5.97. The minimum Gasteiger partial charge on any atom is -0.251 e. The van der Waals surface area contributed by atoms with Gasteiger partial charge in [0.1, 0.15) is 5.82 Å². The minimum absolute atomic E-state index is 0.612. The lowest BCUT2D eigenvalue weighted by Crippen LogP contribution is -1.93. The lowest BCUT2D eigenvalue weighted by molar-refractivity contribution is 0.665. The first kappa shape index (κ1) is 15.2. The van der Waals surface area contributed by atoms with Gasteiger partial charge in [-0.15, -0.1) is 0 Å². The summed E-state index contributed by atoms with van der Waals surface area (Å²) in [7, 11) is 1.87. The van der Waals surface area contributed by atoms with Gasteiger partial charge >= 0.3 is 0 Å². The first-order valence-corrected chi connectivity index (χ1v) is 7.43. The minimum atomic E-state index is 0.612. The molecule has 0 radical (unpaired) electrons. The monoisotopic (exact) mass is 281 g/mol. The van der Waals surface area contributed by atoms with Crippen LogP contribution in [0.15, 0.2) is 48.1 Å². The Morgan fingerprint density at radius 2 is 2.05 bits per heavy atom. The summed E-state index contributed by atoms with van der Waals surface area (Å²) in [4.78, 5) is 4.40. The molecule has 0 bridgehead atoms. The number of hydrogen-bond donors (Lipinski definition) is 0. The number of aliphatic imine (C=N–C) groups is 1. The van der Waals surface area contributed by atoms with Gasteiger partial charge in [0.15, 0.2) is 0 Å². The average Bonchev–Trinajstić information content (AvgIpc) is 2.90. The van der Waals surface area contributed by atoms with E-state index in [2.05, 4.69) is 54.8 Å². The van der Waals surface area contributed by atoms with E-state index in [1.807, 2.05) is 13.1 Å². The van der Waals surface area contributed by atoms with E-state index in [4.69, 9.17) is 0 Å². The third kappa shape index (κ3) is 3.91. The molecule has 21 heavy (non-hydrogen) atoms. The highest BCUT2D eigenvalue weighted by molar-refractivity contribution is 6.09. The first-order valence-electron chi connectivity index (χ1n) is 7.43. The Labute approximate surface area is 127 Å². The molecule has 1 unspecified atom stereocenters. The van der Waals surface area contributed by atoms with Gasteiger partial charge in [-0.25, -0.2) is 4.99 Å². The largest absolute Gasteiger partial charge is 0.251 e. The lowest BCUT2D eigenvalue weighted by atomic mass is 9.95. The Morgan fingerprint density at radius 3 is 2.62 bits per heavy atom. The fourth-order valence-electron chi connectivity index (χ4n) is 2.34. The number of hydrogen-bond acceptors (Lipinski definition) is 2. The van der Waals surface area contributed by atoms with Gasteiger partial charge in [0.05, 0.1) is 6.20 Å². The Hall–Kier alpha value is -2.16. The van der Waals surface area contributed by atoms with Crippen molar-refractivity contribution in [2.45, 2.75) is 32.6 Å². The van der Waals surface area contributed by atoms with E-state index in [-0.39, 0.29) is 0 Å². The van der Waals surface area contributed by atoms with Crippen LogP contribution in [-0.4, -0.2) is 16.0 Å². The molecular weight excluding hydrogens is 258 g/mol. The highest BCUT2D eigenvalue weighted by Crippen LogP contribution is 2.22. The summed E-state index contributed by atoms with van der Waals surface area (Å²) in [5.74, 6) is 1.43. The van der Waals surface area contributed by atoms with E-state index in [0.29, 0.717) is 5.92 Å². The topological polar surface area (TPSA) is 30.2 Å². The van der Waals surface area contributed by atoms with Gasteiger partial charge in [-0.05, 0) is 29.0 Å². The van der Waals surface area contributed by atoms with E-state index in [0.717, 1.165) is 17.0 Å². The van der Waals surface area contributed by atoms with Crippen molar-refractivity contribution in [1.29, 1.82) is 0 Å². The highest BCUT2D eigenvalue weighted by atomic mass is 15.3. The van der Waals surface area contributed by atoms with Crippen molar-refractivity contribution in [3.8, 4) is 0 Å². The fraction of sp³-hybridized carbons (Fsp3) is 0.333. The van der Waals surface area contributed by atoms with Crippen molar-refractivity contribution in [3.63, 3.8) is 0 Å². The second-order valence-electron chi connectivity index (χ2n) is 5.41. The van der Waals surface area contributed by atoms with Gasteiger partial charge in [-0.2, -0.15) is 5.10 Å². The van der Waals surface area contributed by atoms with E-state index in [1.165, 1.54) is 18.4 Å². The van der Waals surface area contributed by atoms with Crippen LogP contribution in [0.5, 0.6) is 0 Å². The molecule has 1 aromatic carbocycles. The van der Waals surface area contributed by atoms with Crippen molar-refractivity contribution in [2.24, 2.45) is 12.0 Å². The van der Waals surface area contributed by atoms with Crippen LogP contribution in [0, 0.1) is 0 Å². The van der Waals surface area contributed by atoms with Crippen molar-refractivity contribution < 1.29 is 0 Å². The quantitative estimate of drug-likeness (QED) is 0.703. The van der Waals surface area contributed by atoms with Gasteiger partial charge in [0.25, 0.3) is 0 Å². The molecule has 0 aliphatic heterocycles. The van der Waals surface area contributed by atoms with E-state index in [9.17, 15) is 0 Å². The molecule has 1 aromatic heterocycles. The maximum atomic E-state index is 4.40. The summed E-state index contributed by atoms with van der Waals surface area (Å²) in [6.45, 7) is 8.58. The second-order valence-corrected chi connectivity index (χ2v) is 5.41. The van der Waals surface area contributed by atoms with Crippen LogP contribution in [0.3, 0.4) is 0 Å². The molecule has 0 aliphatic rings. The number of nitrogens with zero attached hydrogens (tertiary/aromatic N) is 3. The van der Waals surface area contributed by atoms with Crippen molar-refractivity contribution in [1.82, 2.24) is 9.78 Å². The maximum Gasteiger partial charge on any atom is 0.150 e. The molecule has 0 aliphatic carbocycles. The molecule has 0 N–H and O–H groups in total. The van der Waals surface area contributed by atoms with E-state index in [1.54, 1.807) is 17.1 Å². The summed E-state index contributed by atoms with van der Waals surface area (Å²) in [6, 6.07) is 10.5. The predicted octanol–water partition coefficient (Wildman–Crippen LogP) is 4.74. The zero-order valence-electron chi connectivity index (χ0n) is 13.1. The molecule has 0 spiro atoms. The molecule has 2 rings (SSSR count). The number of aryl methyl sites for hydroxylation is 1. The predicted molar refractivity (Wildman–Crippen MR) is 90.2 cm³/mol. The van der Waals surface area contributed by atoms with Crippen LogP contribution in [0.2, 0.25) is 0 Å². The van der Waals surface area contributed by atoms with Gasteiger partial charge in [0.2, 0.25) is 0 Å². The van der Waals surface area contributed by atoms with Crippen molar-refractivity contribution >= 4 is 17.6 Å². The normalized spacial score (nSPS) is 12.7.